The summed E-state index contributed by atoms with van der Waals surface area (Å²) in [7, 11) is 0. The summed E-state index contributed by atoms with van der Waals surface area (Å²) in [6, 6.07) is 7.23. The molecule has 1 aliphatic rings. The number of nitrogen functional groups attached to an aromatic ring is 1. The average molecular weight is 269 g/mol. The number of nitrogens with zero attached hydrogens (tertiary/aromatic N) is 1. The van der Waals surface area contributed by atoms with Crippen LogP contribution in [-0.2, 0) is 6.42 Å². The number of hydrogen-bond acceptors (Lipinski definition) is 4. The largest absolute Gasteiger partial charge is 0.493 e. The molecule has 3 rings (SSSR count). The molecular formula is C15H15N3O2. The predicted octanol–water partition coefficient (Wildman–Crippen LogP) is 2.16. The molecule has 1 aromatic carbocycles. The van der Waals surface area contributed by atoms with Crippen molar-refractivity contribution in [2.75, 3.05) is 17.7 Å². The third-order valence-electron chi connectivity index (χ3n) is 3.28. The molecule has 102 valence electrons. The molecule has 2 aromatic rings. The highest BCUT2D eigenvalue weighted by Gasteiger charge is 2.15. The van der Waals surface area contributed by atoms with E-state index in [0.29, 0.717) is 23.7 Å². The normalized spacial score (nSPS) is 12.7. The molecule has 0 spiro atoms. The highest BCUT2D eigenvalue weighted by molar-refractivity contribution is 6.04. The first-order chi connectivity index (χ1) is 9.63. The van der Waals surface area contributed by atoms with Gasteiger partial charge in [0, 0.05) is 12.0 Å². The van der Waals surface area contributed by atoms with E-state index in [9.17, 15) is 4.79 Å². The number of aromatic nitrogens is 1. The first kappa shape index (κ1) is 12.5. The van der Waals surface area contributed by atoms with Gasteiger partial charge in [0.05, 0.1) is 18.5 Å². The van der Waals surface area contributed by atoms with Crippen molar-refractivity contribution in [1.82, 2.24) is 4.98 Å². The van der Waals surface area contributed by atoms with Gasteiger partial charge in [-0.15, -0.1) is 0 Å². The fraction of sp³-hybridized carbons (Fsp3) is 0.200. The number of pyridine rings is 1. The molecule has 1 aliphatic heterocycles. The molecule has 0 saturated heterocycles. The van der Waals surface area contributed by atoms with Gasteiger partial charge in [-0.05, 0) is 42.3 Å². The van der Waals surface area contributed by atoms with Crippen molar-refractivity contribution >= 4 is 17.4 Å². The maximum atomic E-state index is 12.2. The smallest absolute Gasteiger partial charge is 0.256 e. The molecular weight excluding hydrogens is 254 g/mol. The van der Waals surface area contributed by atoms with E-state index in [1.54, 1.807) is 12.1 Å². The van der Waals surface area contributed by atoms with Gasteiger partial charge in [0.25, 0.3) is 5.91 Å². The second-order valence-corrected chi connectivity index (χ2v) is 4.81. The Bertz CT molecular complexity index is 683. The number of amides is 1. The van der Waals surface area contributed by atoms with Crippen molar-refractivity contribution < 1.29 is 9.53 Å². The summed E-state index contributed by atoms with van der Waals surface area (Å²) in [5.41, 5.74) is 8.73. The van der Waals surface area contributed by atoms with E-state index in [0.717, 1.165) is 23.3 Å². The van der Waals surface area contributed by atoms with E-state index in [-0.39, 0.29) is 5.91 Å². The number of nitrogens with two attached hydrogens (primary N) is 1. The standard InChI is InChI=1S/C15H15N3O2/c1-9-6-12(16)8-17-14(9)18-15(19)11-2-3-13-10(7-11)4-5-20-13/h2-3,6-8H,4-5,16H2,1H3,(H,17,18,19). The molecule has 0 fully saturated rings. The van der Waals surface area contributed by atoms with E-state index in [2.05, 4.69) is 10.3 Å². The third kappa shape index (κ3) is 2.30. The summed E-state index contributed by atoms with van der Waals surface area (Å²) in [4.78, 5) is 16.4. The Labute approximate surface area is 116 Å². The lowest BCUT2D eigenvalue weighted by molar-refractivity contribution is 0.102. The first-order valence-corrected chi connectivity index (χ1v) is 6.43. The van der Waals surface area contributed by atoms with E-state index < -0.39 is 0 Å². The fourth-order valence-corrected chi connectivity index (χ4v) is 2.23. The van der Waals surface area contributed by atoms with Crippen molar-refractivity contribution in [3.05, 3.63) is 47.2 Å². The van der Waals surface area contributed by atoms with Gasteiger partial charge in [0.15, 0.2) is 0 Å². The summed E-state index contributed by atoms with van der Waals surface area (Å²) in [5.74, 6) is 1.21. The molecule has 5 nitrogen and oxygen atoms in total. The minimum atomic E-state index is -0.180. The topological polar surface area (TPSA) is 77.2 Å². The van der Waals surface area contributed by atoms with Crippen LogP contribution in [0.2, 0.25) is 0 Å². The second kappa shape index (κ2) is 4.85. The zero-order valence-corrected chi connectivity index (χ0v) is 11.1. The van der Waals surface area contributed by atoms with Crippen LogP contribution in [-0.4, -0.2) is 17.5 Å². The molecule has 0 radical (unpaired) electrons. The molecule has 0 unspecified atom stereocenters. The van der Waals surface area contributed by atoms with E-state index in [4.69, 9.17) is 10.5 Å². The van der Waals surface area contributed by atoms with Gasteiger partial charge in [-0.1, -0.05) is 0 Å². The molecule has 0 aliphatic carbocycles. The molecule has 1 aromatic heterocycles. The number of nitrogens with one attached hydrogen (secondary N) is 1. The minimum absolute atomic E-state index is 0.180. The molecule has 0 atom stereocenters. The summed E-state index contributed by atoms with van der Waals surface area (Å²) >= 11 is 0. The minimum Gasteiger partial charge on any atom is -0.493 e. The lowest BCUT2D eigenvalue weighted by atomic mass is 10.1. The number of aryl methyl sites for hydroxylation is 1. The van der Waals surface area contributed by atoms with Crippen molar-refractivity contribution in [1.29, 1.82) is 0 Å². The number of hydrogen-bond donors (Lipinski definition) is 2. The molecule has 0 bridgehead atoms. The van der Waals surface area contributed by atoms with Gasteiger partial charge in [0.1, 0.15) is 11.6 Å². The molecule has 5 heteroatoms. The number of carbonyl (C=O) groups excluding carboxylic acids is 1. The van der Waals surface area contributed by atoms with Gasteiger partial charge >= 0.3 is 0 Å². The molecule has 1 amide bonds. The van der Waals surface area contributed by atoms with Crippen LogP contribution in [0, 0.1) is 6.92 Å². The zero-order valence-electron chi connectivity index (χ0n) is 11.1. The van der Waals surface area contributed by atoms with Crippen LogP contribution in [0.3, 0.4) is 0 Å². The van der Waals surface area contributed by atoms with Crippen molar-refractivity contribution in [2.24, 2.45) is 0 Å². The Morgan fingerprint density at radius 1 is 1.40 bits per heavy atom. The van der Waals surface area contributed by atoms with Crippen LogP contribution in [0.5, 0.6) is 5.75 Å². The Hall–Kier alpha value is -2.56. The van der Waals surface area contributed by atoms with Crippen LogP contribution in [0.25, 0.3) is 0 Å². The summed E-state index contributed by atoms with van der Waals surface area (Å²) in [6.07, 6.45) is 2.37. The Kier molecular flexibility index (Phi) is 3.02. The van der Waals surface area contributed by atoms with Crippen LogP contribution in [0.15, 0.2) is 30.5 Å². The number of carbonyl (C=O) groups is 1. The van der Waals surface area contributed by atoms with Crippen molar-refractivity contribution in [3.8, 4) is 5.75 Å². The zero-order chi connectivity index (χ0) is 14.1. The predicted molar refractivity (Wildman–Crippen MR) is 77.0 cm³/mol. The first-order valence-electron chi connectivity index (χ1n) is 6.43. The van der Waals surface area contributed by atoms with Crippen LogP contribution in [0.1, 0.15) is 21.5 Å². The molecule has 2 heterocycles. The Morgan fingerprint density at radius 3 is 3.05 bits per heavy atom. The Balaban J connectivity index is 1.82. The van der Waals surface area contributed by atoms with Crippen LogP contribution < -0.4 is 15.8 Å². The van der Waals surface area contributed by atoms with E-state index in [1.165, 1.54) is 6.20 Å². The second-order valence-electron chi connectivity index (χ2n) is 4.81. The average Bonchev–Trinajstić information content (AvgIpc) is 2.89. The monoisotopic (exact) mass is 269 g/mol. The summed E-state index contributed by atoms with van der Waals surface area (Å²) in [6.45, 7) is 2.54. The lowest BCUT2D eigenvalue weighted by Gasteiger charge is -2.08. The maximum absolute atomic E-state index is 12.2. The lowest BCUT2D eigenvalue weighted by Crippen LogP contribution is -2.14. The number of benzene rings is 1. The maximum Gasteiger partial charge on any atom is 0.256 e. The number of fused-ring (bicyclic) bond motifs is 1. The van der Waals surface area contributed by atoms with E-state index in [1.807, 2.05) is 19.1 Å². The van der Waals surface area contributed by atoms with Gasteiger partial charge in [-0.25, -0.2) is 4.98 Å². The fourth-order valence-electron chi connectivity index (χ4n) is 2.23. The molecule has 3 N–H and O–H groups in total. The SMILES string of the molecule is Cc1cc(N)cnc1NC(=O)c1ccc2c(c1)CCO2. The third-order valence-corrected chi connectivity index (χ3v) is 3.28. The van der Waals surface area contributed by atoms with Gasteiger partial charge in [-0.2, -0.15) is 0 Å². The highest BCUT2D eigenvalue weighted by Crippen LogP contribution is 2.26. The van der Waals surface area contributed by atoms with Gasteiger partial charge in [-0.3, -0.25) is 4.79 Å². The van der Waals surface area contributed by atoms with Crippen LogP contribution in [0.4, 0.5) is 11.5 Å². The van der Waals surface area contributed by atoms with E-state index >= 15 is 0 Å². The van der Waals surface area contributed by atoms with Gasteiger partial charge < -0.3 is 15.8 Å². The van der Waals surface area contributed by atoms with Crippen molar-refractivity contribution in [2.45, 2.75) is 13.3 Å². The highest BCUT2D eigenvalue weighted by atomic mass is 16.5. The molecule has 0 saturated carbocycles. The van der Waals surface area contributed by atoms with Crippen LogP contribution >= 0.6 is 0 Å². The summed E-state index contributed by atoms with van der Waals surface area (Å²) < 4.78 is 5.43. The number of ether oxygens (including phenoxy) is 1. The van der Waals surface area contributed by atoms with Crippen molar-refractivity contribution in [3.63, 3.8) is 0 Å². The van der Waals surface area contributed by atoms with Gasteiger partial charge in [0.2, 0.25) is 0 Å². The quantitative estimate of drug-likeness (QED) is 0.875. The number of rotatable bonds is 2. The molecule has 20 heavy (non-hydrogen) atoms. The Morgan fingerprint density at radius 2 is 2.25 bits per heavy atom. The number of anilines is 2. The summed E-state index contributed by atoms with van der Waals surface area (Å²) in [5, 5.41) is 2.80.